The predicted octanol–water partition coefficient (Wildman–Crippen LogP) is 1.53. The van der Waals surface area contributed by atoms with Crippen molar-refractivity contribution in [3.05, 3.63) is 29.8 Å². The van der Waals surface area contributed by atoms with Crippen LogP contribution in [0, 0.1) is 0 Å². The Bertz CT molecular complexity index is 472. The summed E-state index contributed by atoms with van der Waals surface area (Å²) in [6.07, 6.45) is 1.64. The summed E-state index contributed by atoms with van der Waals surface area (Å²) >= 11 is 0. The minimum Gasteiger partial charge on any atom is -0.478 e. The smallest absolute Gasteiger partial charge is 0.335 e. The number of carboxylic acid groups (broad SMARTS) is 1. The van der Waals surface area contributed by atoms with Gasteiger partial charge in [-0.2, -0.15) is 0 Å². The van der Waals surface area contributed by atoms with Crippen molar-refractivity contribution in [2.75, 3.05) is 18.6 Å². The van der Waals surface area contributed by atoms with Gasteiger partial charge in [0.25, 0.3) is 0 Å². The Morgan fingerprint density at radius 3 is 2.89 bits per heavy atom. The molecule has 1 aromatic rings. The first kappa shape index (κ1) is 12.4. The van der Waals surface area contributed by atoms with Gasteiger partial charge in [-0.05, 0) is 31.0 Å². The van der Waals surface area contributed by atoms with Gasteiger partial charge in [0, 0.05) is 12.2 Å². The van der Waals surface area contributed by atoms with Crippen molar-refractivity contribution < 1.29 is 19.4 Å². The summed E-state index contributed by atoms with van der Waals surface area (Å²) < 4.78 is 4.77. The molecular formula is C13H15NO4. The van der Waals surface area contributed by atoms with Gasteiger partial charge in [-0.1, -0.05) is 6.07 Å². The van der Waals surface area contributed by atoms with Crippen molar-refractivity contribution in [2.24, 2.45) is 0 Å². The van der Waals surface area contributed by atoms with E-state index in [1.165, 1.54) is 13.2 Å². The first-order valence-electron chi connectivity index (χ1n) is 5.81. The van der Waals surface area contributed by atoms with Gasteiger partial charge in [0.1, 0.15) is 6.04 Å². The molecule has 0 saturated carbocycles. The predicted molar refractivity (Wildman–Crippen MR) is 65.8 cm³/mol. The molecule has 1 N–H and O–H groups in total. The Morgan fingerprint density at radius 1 is 1.44 bits per heavy atom. The van der Waals surface area contributed by atoms with E-state index in [2.05, 4.69) is 0 Å². The number of methoxy groups -OCH3 is 1. The number of anilines is 1. The molecule has 2 rings (SSSR count). The maximum atomic E-state index is 11.6. The van der Waals surface area contributed by atoms with Crippen molar-refractivity contribution in [1.29, 1.82) is 0 Å². The molecule has 18 heavy (non-hydrogen) atoms. The van der Waals surface area contributed by atoms with Gasteiger partial charge in [-0.25, -0.2) is 9.59 Å². The number of carbonyl (C=O) groups is 2. The summed E-state index contributed by atoms with van der Waals surface area (Å²) in [5.74, 6) is -1.24. The van der Waals surface area contributed by atoms with Crippen molar-refractivity contribution in [2.45, 2.75) is 18.9 Å². The number of hydrogen-bond donors (Lipinski definition) is 1. The van der Waals surface area contributed by atoms with E-state index in [1.807, 2.05) is 11.0 Å². The lowest BCUT2D eigenvalue weighted by Crippen LogP contribution is -2.36. The number of benzene rings is 1. The van der Waals surface area contributed by atoms with Crippen LogP contribution >= 0.6 is 0 Å². The first-order chi connectivity index (χ1) is 8.63. The van der Waals surface area contributed by atoms with Gasteiger partial charge in [-0.3, -0.25) is 0 Å². The van der Waals surface area contributed by atoms with Crippen LogP contribution in [0.15, 0.2) is 24.3 Å². The average Bonchev–Trinajstić information content (AvgIpc) is 2.87. The highest BCUT2D eigenvalue weighted by Gasteiger charge is 2.31. The van der Waals surface area contributed by atoms with Gasteiger partial charge in [-0.15, -0.1) is 0 Å². The summed E-state index contributed by atoms with van der Waals surface area (Å²) in [5, 5.41) is 8.96. The summed E-state index contributed by atoms with van der Waals surface area (Å²) in [5.41, 5.74) is 0.978. The number of rotatable bonds is 3. The normalized spacial score (nSPS) is 18.7. The van der Waals surface area contributed by atoms with Crippen LogP contribution in [0.3, 0.4) is 0 Å². The molecule has 0 unspecified atom stereocenters. The lowest BCUT2D eigenvalue weighted by Gasteiger charge is -2.24. The topological polar surface area (TPSA) is 66.8 Å². The molecule has 0 aromatic heterocycles. The molecular weight excluding hydrogens is 234 g/mol. The van der Waals surface area contributed by atoms with E-state index in [0.717, 1.165) is 25.1 Å². The zero-order valence-corrected chi connectivity index (χ0v) is 10.1. The molecule has 5 heteroatoms. The number of carbonyl (C=O) groups excluding carboxylic acids is 1. The lowest BCUT2D eigenvalue weighted by atomic mass is 10.1. The molecule has 1 heterocycles. The fourth-order valence-electron chi connectivity index (χ4n) is 2.27. The van der Waals surface area contributed by atoms with Crippen molar-refractivity contribution in [3.8, 4) is 0 Å². The lowest BCUT2D eigenvalue weighted by molar-refractivity contribution is -0.141. The van der Waals surface area contributed by atoms with Gasteiger partial charge in [0.15, 0.2) is 0 Å². The molecule has 1 fully saturated rings. The van der Waals surface area contributed by atoms with E-state index >= 15 is 0 Å². The molecule has 1 aliphatic heterocycles. The van der Waals surface area contributed by atoms with Gasteiger partial charge < -0.3 is 14.7 Å². The van der Waals surface area contributed by atoms with Crippen molar-refractivity contribution >= 4 is 17.6 Å². The summed E-state index contributed by atoms with van der Waals surface area (Å²) in [6, 6.07) is 6.32. The summed E-state index contributed by atoms with van der Waals surface area (Å²) in [4.78, 5) is 24.5. The summed E-state index contributed by atoms with van der Waals surface area (Å²) in [6.45, 7) is 0.739. The van der Waals surface area contributed by atoms with Crippen LogP contribution in [0.1, 0.15) is 23.2 Å². The van der Waals surface area contributed by atoms with E-state index in [-0.39, 0.29) is 17.6 Å². The molecule has 1 aromatic carbocycles. The zero-order valence-electron chi connectivity index (χ0n) is 10.1. The van der Waals surface area contributed by atoms with Gasteiger partial charge in [0.05, 0.1) is 12.7 Å². The second-order valence-electron chi connectivity index (χ2n) is 4.23. The van der Waals surface area contributed by atoms with Gasteiger partial charge in [0.2, 0.25) is 0 Å². The fourth-order valence-corrected chi connectivity index (χ4v) is 2.27. The van der Waals surface area contributed by atoms with E-state index in [4.69, 9.17) is 9.84 Å². The third kappa shape index (κ3) is 2.30. The molecule has 0 aliphatic carbocycles. The third-order valence-electron chi connectivity index (χ3n) is 3.15. The quantitative estimate of drug-likeness (QED) is 0.823. The maximum absolute atomic E-state index is 11.6. The van der Waals surface area contributed by atoms with Crippen LogP contribution < -0.4 is 4.90 Å². The Balaban J connectivity index is 2.27. The minimum atomic E-state index is -0.967. The van der Waals surface area contributed by atoms with Gasteiger partial charge >= 0.3 is 11.9 Å². The average molecular weight is 249 g/mol. The standard InChI is InChI=1S/C13H15NO4/c1-18-13(17)11-6-3-7-14(11)10-5-2-4-9(8-10)12(15)16/h2,4-5,8,11H,3,6-7H2,1H3,(H,15,16)/t11-/m1/s1. The highest BCUT2D eigenvalue weighted by atomic mass is 16.5. The minimum absolute atomic E-state index is 0.225. The SMILES string of the molecule is COC(=O)[C@H]1CCCN1c1cccc(C(=O)O)c1. The van der Waals surface area contributed by atoms with Crippen LogP contribution in [0.5, 0.6) is 0 Å². The molecule has 1 saturated heterocycles. The highest BCUT2D eigenvalue weighted by Crippen LogP contribution is 2.26. The number of esters is 1. The number of carboxylic acids is 1. The van der Waals surface area contributed by atoms with E-state index in [1.54, 1.807) is 12.1 Å². The van der Waals surface area contributed by atoms with Crippen molar-refractivity contribution in [3.63, 3.8) is 0 Å². The summed E-state index contributed by atoms with van der Waals surface area (Å²) in [7, 11) is 1.37. The number of nitrogens with zero attached hydrogens (tertiary/aromatic N) is 1. The van der Waals surface area contributed by atoms with E-state index < -0.39 is 5.97 Å². The second-order valence-corrected chi connectivity index (χ2v) is 4.23. The van der Waals surface area contributed by atoms with Crippen LogP contribution in [-0.4, -0.2) is 36.7 Å². The molecule has 96 valence electrons. The molecule has 0 radical (unpaired) electrons. The largest absolute Gasteiger partial charge is 0.478 e. The van der Waals surface area contributed by atoms with Crippen LogP contribution in [0.4, 0.5) is 5.69 Å². The monoisotopic (exact) mass is 249 g/mol. The molecule has 1 aliphatic rings. The Morgan fingerprint density at radius 2 is 2.22 bits per heavy atom. The van der Waals surface area contributed by atoms with Crippen molar-refractivity contribution in [1.82, 2.24) is 0 Å². The fraction of sp³-hybridized carbons (Fsp3) is 0.385. The molecule has 0 bridgehead atoms. The van der Waals surface area contributed by atoms with Crippen LogP contribution in [0.25, 0.3) is 0 Å². The Hall–Kier alpha value is -2.04. The third-order valence-corrected chi connectivity index (χ3v) is 3.15. The second kappa shape index (κ2) is 5.08. The molecule has 1 atom stereocenters. The zero-order chi connectivity index (χ0) is 13.1. The van der Waals surface area contributed by atoms with Crippen LogP contribution in [-0.2, 0) is 9.53 Å². The molecule has 0 amide bonds. The molecule has 0 spiro atoms. The number of hydrogen-bond acceptors (Lipinski definition) is 4. The first-order valence-corrected chi connectivity index (χ1v) is 5.81. The van der Waals surface area contributed by atoms with Crippen LogP contribution in [0.2, 0.25) is 0 Å². The highest BCUT2D eigenvalue weighted by molar-refractivity contribution is 5.89. The maximum Gasteiger partial charge on any atom is 0.335 e. The van der Waals surface area contributed by atoms with E-state index in [9.17, 15) is 9.59 Å². The Kier molecular flexibility index (Phi) is 3.50. The van der Waals surface area contributed by atoms with E-state index in [0.29, 0.717) is 0 Å². The Labute approximate surface area is 105 Å². The number of aromatic carboxylic acids is 1. The molecule has 5 nitrogen and oxygen atoms in total. The number of ether oxygens (including phenoxy) is 1.